The van der Waals surface area contributed by atoms with E-state index in [1.165, 1.54) is 36.1 Å². The summed E-state index contributed by atoms with van der Waals surface area (Å²) in [6, 6.07) is 17.9. The minimum Gasteiger partial charge on any atom is -0.356 e. The van der Waals surface area contributed by atoms with E-state index in [0.29, 0.717) is 34.4 Å². The van der Waals surface area contributed by atoms with Crippen LogP contribution in [0, 0.1) is 12.7 Å². The van der Waals surface area contributed by atoms with E-state index in [9.17, 15) is 14.0 Å². The SMILES string of the molecule is CC(=O)NCCc1ccc(C(=O)CSc2nnc(-c3ccccc3F)n2-c2ccc(C)cc2)s1. The van der Waals surface area contributed by atoms with Crippen molar-refractivity contribution in [2.45, 2.75) is 25.4 Å². The lowest BCUT2D eigenvalue weighted by atomic mass is 10.2. The van der Waals surface area contributed by atoms with Gasteiger partial charge in [0.15, 0.2) is 16.8 Å². The molecule has 0 aliphatic carbocycles. The van der Waals surface area contributed by atoms with E-state index in [2.05, 4.69) is 15.5 Å². The number of nitrogens with one attached hydrogen (secondary N) is 1. The lowest BCUT2D eigenvalue weighted by Gasteiger charge is -2.11. The van der Waals surface area contributed by atoms with Gasteiger partial charge in [-0.25, -0.2) is 4.39 Å². The van der Waals surface area contributed by atoms with E-state index in [1.54, 1.807) is 22.8 Å². The maximum Gasteiger partial charge on any atom is 0.216 e. The third-order valence-corrected chi connectivity index (χ3v) is 7.17. The van der Waals surface area contributed by atoms with E-state index in [-0.39, 0.29) is 23.3 Å². The van der Waals surface area contributed by atoms with Crippen LogP contribution in [0.5, 0.6) is 0 Å². The van der Waals surface area contributed by atoms with Crippen molar-refractivity contribution in [3.05, 3.63) is 81.8 Å². The fourth-order valence-corrected chi connectivity index (χ4v) is 5.20. The Morgan fingerprint density at radius 3 is 2.56 bits per heavy atom. The Morgan fingerprint density at radius 1 is 1.06 bits per heavy atom. The first-order chi connectivity index (χ1) is 16.4. The van der Waals surface area contributed by atoms with Gasteiger partial charge in [0.25, 0.3) is 0 Å². The molecule has 0 bridgehead atoms. The van der Waals surface area contributed by atoms with Crippen molar-refractivity contribution in [2.24, 2.45) is 0 Å². The summed E-state index contributed by atoms with van der Waals surface area (Å²) in [6.07, 6.45) is 0.679. The van der Waals surface area contributed by atoms with Crippen LogP contribution in [0.4, 0.5) is 4.39 Å². The van der Waals surface area contributed by atoms with Crippen molar-refractivity contribution in [1.82, 2.24) is 20.1 Å². The summed E-state index contributed by atoms with van der Waals surface area (Å²) in [5.41, 5.74) is 2.23. The molecule has 0 fully saturated rings. The monoisotopic (exact) mass is 494 g/mol. The standard InChI is InChI=1S/C25H23FN4O2S2/c1-16-7-9-18(10-8-16)30-24(20-5-3-4-6-21(20)26)28-29-25(30)33-15-22(32)23-12-11-19(34-23)13-14-27-17(2)31/h3-12H,13-15H2,1-2H3,(H,27,31). The predicted octanol–water partition coefficient (Wildman–Crippen LogP) is 5.10. The number of nitrogens with zero attached hydrogens (tertiary/aromatic N) is 3. The van der Waals surface area contributed by atoms with Crippen molar-refractivity contribution in [3.8, 4) is 17.1 Å². The normalized spacial score (nSPS) is 10.9. The summed E-state index contributed by atoms with van der Waals surface area (Å²) in [7, 11) is 0. The van der Waals surface area contributed by atoms with Crippen molar-refractivity contribution in [2.75, 3.05) is 12.3 Å². The van der Waals surface area contributed by atoms with Gasteiger partial charge in [0.2, 0.25) is 5.91 Å². The van der Waals surface area contributed by atoms with Crippen LogP contribution < -0.4 is 5.32 Å². The van der Waals surface area contributed by atoms with Gasteiger partial charge >= 0.3 is 0 Å². The fourth-order valence-electron chi connectivity index (χ4n) is 3.33. The number of rotatable bonds is 9. The molecule has 0 unspecified atom stereocenters. The van der Waals surface area contributed by atoms with Gasteiger partial charge in [-0.1, -0.05) is 41.6 Å². The molecule has 2 aromatic heterocycles. The summed E-state index contributed by atoms with van der Waals surface area (Å²) in [4.78, 5) is 25.6. The van der Waals surface area contributed by atoms with Gasteiger partial charge in [0.1, 0.15) is 5.82 Å². The number of hydrogen-bond donors (Lipinski definition) is 1. The molecule has 2 aromatic carbocycles. The molecule has 0 radical (unpaired) electrons. The predicted molar refractivity (Wildman–Crippen MR) is 133 cm³/mol. The summed E-state index contributed by atoms with van der Waals surface area (Å²) in [5.74, 6) is 0.0744. The first-order valence-electron chi connectivity index (χ1n) is 10.7. The average Bonchev–Trinajstić information content (AvgIpc) is 3.46. The summed E-state index contributed by atoms with van der Waals surface area (Å²) in [5, 5.41) is 11.8. The fraction of sp³-hybridized carbons (Fsp3) is 0.200. The number of carbonyl (C=O) groups is 2. The Hall–Kier alpha value is -3.30. The summed E-state index contributed by atoms with van der Waals surface area (Å²) in [6.45, 7) is 4.01. The van der Waals surface area contributed by atoms with E-state index in [1.807, 2.05) is 43.3 Å². The molecule has 174 valence electrons. The zero-order valence-electron chi connectivity index (χ0n) is 18.7. The smallest absolute Gasteiger partial charge is 0.216 e. The zero-order valence-corrected chi connectivity index (χ0v) is 20.4. The van der Waals surface area contributed by atoms with Crippen LogP contribution in [0.2, 0.25) is 0 Å². The number of ketones is 1. The van der Waals surface area contributed by atoms with Crippen LogP contribution in [-0.2, 0) is 11.2 Å². The maximum atomic E-state index is 14.6. The topological polar surface area (TPSA) is 76.9 Å². The Morgan fingerprint density at radius 2 is 1.82 bits per heavy atom. The molecule has 2 heterocycles. The number of benzene rings is 2. The molecule has 0 atom stereocenters. The van der Waals surface area contributed by atoms with E-state index in [0.717, 1.165) is 16.1 Å². The highest BCUT2D eigenvalue weighted by Crippen LogP contribution is 2.30. The van der Waals surface area contributed by atoms with Crippen molar-refractivity contribution >= 4 is 34.8 Å². The number of amides is 1. The van der Waals surface area contributed by atoms with Gasteiger partial charge in [-0.2, -0.15) is 0 Å². The molecule has 0 aliphatic rings. The van der Waals surface area contributed by atoms with E-state index < -0.39 is 0 Å². The first kappa shape index (κ1) is 23.8. The molecule has 0 saturated heterocycles. The number of thiophene rings is 1. The van der Waals surface area contributed by atoms with Crippen molar-refractivity contribution < 1.29 is 14.0 Å². The van der Waals surface area contributed by atoms with Gasteiger partial charge in [0, 0.05) is 24.0 Å². The number of carbonyl (C=O) groups excluding carboxylic acids is 2. The highest BCUT2D eigenvalue weighted by molar-refractivity contribution is 7.99. The Bertz CT molecular complexity index is 1310. The molecule has 4 aromatic rings. The lowest BCUT2D eigenvalue weighted by molar-refractivity contribution is -0.118. The van der Waals surface area contributed by atoms with Crippen molar-refractivity contribution in [1.29, 1.82) is 0 Å². The Kier molecular flexibility index (Phi) is 7.54. The van der Waals surface area contributed by atoms with E-state index in [4.69, 9.17) is 0 Å². The largest absolute Gasteiger partial charge is 0.356 e. The molecule has 34 heavy (non-hydrogen) atoms. The number of Topliss-reactive ketones (excluding diaryl/α,β-unsaturated/α-hetero) is 1. The average molecular weight is 495 g/mol. The molecule has 4 rings (SSSR count). The minimum absolute atomic E-state index is 0.0216. The van der Waals surface area contributed by atoms with Gasteiger partial charge in [0.05, 0.1) is 16.2 Å². The van der Waals surface area contributed by atoms with Crippen LogP contribution in [0.15, 0.2) is 65.8 Å². The second kappa shape index (κ2) is 10.8. The minimum atomic E-state index is -0.388. The number of hydrogen-bond acceptors (Lipinski definition) is 6. The highest BCUT2D eigenvalue weighted by Gasteiger charge is 2.20. The maximum absolute atomic E-state index is 14.6. The van der Waals surface area contributed by atoms with Gasteiger partial charge in [-0.3, -0.25) is 14.2 Å². The molecule has 1 amide bonds. The van der Waals surface area contributed by atoms with Crippen LogP contribution in [0.1, 0.15) is 27.0 Å². The molecular formula is C25H23FN4O2S2. The summed E-state index contributed by atoms with van der Waals surface area (Å²) >= 11 is 2.70. The molecule has 0 saturated carbocycles. The molecule has 9 heteroatoms. The molecular weight excluding hydrogens is 471 g/mol. The van der Waals surface area contributed by atoms with Gasteiger partial charge in [-0.05, 0) is 49.7 Å². The summed E-state index contributed by atoms with van der Waals surface area (Å²) < 4.78 is 16.3. The first-order valence-corrected chi connectivity index (χ1v) is 12.5. The van der Waals surface area contributed by atoms with Crippen LogP contribution in [-0.4, -0.2) is 38.8 Å². The van der Waals surface area contributed by atoms with Crippen LogP contribution in [0.25, 0.3) is 17.1 Å². The van der Waals surface area contributed by atoms with Crippen molar-refractivity contribution in [3.63, 3.8) is 0 Å². The van der Waals surface area contributed by atoms with Gasteiger partial charge < -0.3 is 5.32 Å². The van der Waals surface area contributed by atoms with E-state index >= 15 is 0 Å². The molecule has 1 N–H and O–H groups in total. The Labute approximate surface area is 205 Å². The van der Waals surface area contributed by atoms with Crippen LogP contribution >= 0.6 is 23.1 Å². The second-order valence-electron chi connectivity index (χ2n) is 7.67. The number of halogens is 1. The lowest BCUT2D eigenvalue weighted by Crippen LogP contribution is -2.22. The zero-order chi connectivity index (χ0) is 24.1. The number of thioether (sulfide) groups is 1. The number of aryl methyl sites for hydroxylation is 1. The third-order valence-electron chi connectivity index (χ3n) is 5.05. The molecule has 0 spiro atoms. The molecule has 6 nitrogen and oxygen atoms in total. The van der Waals surface area contributed by atoms with Crippen LogP contribution in [0.3, 0.4) is 0 Å². The Balaban J connectivity index is 1.55. The van der Waals surface area contributed by atoms with Gasteiger partial charge in [-0.15, -0.1) is 21.5 Å². The second-order valence-corrected chi connectivity index (χ2v) is 9.78. The third kappa shape index (κ3) is 5.60. The highest BCUT2D eigenvalue weighted by atomic mass is 32.2. The number of aromatic nitrogens is 3. The quantitative estimate of drug-likeness (QED) is 0.259. The molecule has 0 aliphatic heterocycles.